The normalized spacial score (nSPS) is 20.6. The molecule has 1 saturated carbocycles. The number of hydrogen-bond donors (Lipinski definition) is 3. The molecule has 212 valence electrons. The van der Waals surface area contributed by atoms with E-state index in [0.717, 1.165) is 62.4 Å². The minimum atomic E-state index is -4.55. The van der Waals surface area contributed by atoms with Gasteiger partial charge in [-0.15, -0.1) is 0 Å². The van der Waals surface area contributed by atoms with Crippen LogP contribution in [-0.2, 0) is 21.0 Å². The number of nitrogens with one attached hydrogen (secondary N) is 3. The molecule has 0 unspecified atom stereocenters. The van der Waals surface area contributed by atoms with Gasteiger partial charge >= 0.3 is 6.18 Å². The fourth-order valence-corrected chi connectivity index (χ4v) is 5.66. The van der Waals surface area contributed by atoms with E-state index >= 15 is 0 Å². The molecule has 2 aromatic rings. The Balaban J connectivity index is 1.12. The van der Waals surface area contributed by atoms with Crippen LogP contribution in [0.15, 0.2) is 42.6 Å². The largest absolute Gasteiger partial charge is 0.416 e. The SMILES string of the molecule is CS(=O)(=O)Nc1ccc(C2CCC(CN3CC(NC(=O)CNC(=O)c4cccc(C(F)(F)F)c4)C3)CC2)nc1. The zero-order valence-corrected chi connectivity index (χ0v) is 22.3. The number of aromatic nitrogens is 1. The maximum atomic E-state index is 12.8. The number of alkyl halides is 3. The number of pyridine rings is 1. The topological polar surface area (TPSA) is 121 Å². The minimum absolute atomic E-state index is 0.0254. The lowest BCUT2D eigenvalue weighted by molar-refractivity contribution is -0.137. The first-order valence-electron chi connectivity index (χ1n) is 12.8. The smallest absolute Gasteiger partial charge is 0.349 e. The fourth-order valence-electron chi connectivity index (χ4n) is 5.12. The van der Waals surface area contributed by atoms with Crippen molar-refractivity contribution < 1.29 is 31.2 Å². The van der Waals surface area contributed by atoms with Crippen molar-refractivity contribution in [3.05, 3.63) is 59.4 Å². The molecule has 4 rings (SSSR count). The predicted molar refractivity (Wildman–Crippen MR) is 140 cm³/mol. The summed E-state index contributed by atoms with van der Waals surface area (Å²) >= 11 is 0. The van der Waals surface area contributed by atoms with Gasteiger partial charge in [-0.25, -0.2) is 8.42 Å². The quantitative estimate of drug-likeness (QED) is 0.429. The van der Waals surface area contributed by atoms with Crippen molar-refractivity contribution in [3.63, 3.8) is 0 Å². The van der Waals surface area contributed by atoms with Crippen LogP contribution in [-0.4, -0.2) is 68.6 Å². The van der Waals surface area contributed by atoms with Gasteiger partial charge in [0.1, 0.15) is 0 Å². The van der Waals surface area contributed by atoms with E-state index in [0.29, 0.717) is 30.6 Å². The summed E-state index contributed by atoms with van der Waals surface area (Å²) in [7, 11) is -3.33. The number of rotatable bonds is 9. The third-order valence-electron chi connectivity index (χ3n) is 7.05. The Hall–Kier alpha value is -3.19. The van der Waals surface area contributed by atoms with Crippen molar-refractivity contribution in [2.75, 3.05) is 37.2 Å². The van der Waals surface area contributed by atoms with E-state index in [1.807, 2.05) is 6.07 Å². The summed E-state index contributed by atoms with van der Waals surface area (Å²) in [6, 6.07) is 7.66. The summed E-state index contributed by atoms with van der Waals surface area (Å²) in [6.07, 6.45) is 2.24. The number of anilines is 1. The average molecular weight is 568 g/mol. The van der Waals surface area contributed by atoms with Gasteiger partial charge in [-0.1, -0.05) is 6.07 Å². The second kappa shape index (κ2) is 11.9. The Morgan fingerprint density at radius 2 is 1.79 bits per heavy atom. The number of hydrogen-bond acceptors (Lipinski definition) is 6. The van der Waals surface area contributed by atoms with Crippen molar-refractivity contribution in [1.29, 1.82) is 0 Å². The molecule has 1 aliphatic heterocycles. The van der Waals surface area contributed by atoms with E-state index in [2.05, 4.69) is 25.2 Å². The number of sulfonamides is 1. The van der Waals surface area contributed by atoms with Gasteiger partial charge in [0.15, 0.2) is 0 Å². The number of amides is 2. The van der Waals surface area contributed by atoms with Gasteiger partial charge in [-0.3, -0.25) is 24.2 Å². The first kappa shape index (κ1) is 28.8. The summed E-state index contributed by atoms with van der Waals surface area (Å²) in [5.74, 6) is -0.219. The van der Waals surface area contributed by atoms with Gasteiger partial charge in [0.2, 0.25) is 15.9 Å². The first-order chi connectivity index (χ1) is 18.4. The first-order valence-corrected chi connectivity index (χ1v) is 14.7. The van der Waals surface area contributed by atoms with Crippen LogP contribution in [0.25, 0.3) is 0 Å². The summed E-state index contributed by atoms with van der Waals surface area (Å²) < 4.78 is 63.6. The molecule has 1 aromatic carbocycles. The molecule has 3 N–H and O–H groups in total. The molecule has 9 nitrogen and oxygen atoms in total. The number of likely N-dealkylation sites (tertiary alicyclic amines) is 1. The third-order valence-corrected chi connectivity index (χ3v) is 7.66. The van der Waals surface area contributed by atoms with Crippen molar-refractivity contribution in [2.45, 2.75) is 43.8 Å². The van der Waals surface area contributed by atoms with Crippen LogP contribution in [0.5, 0.6) is 0 Å². The summed E-state index contributed by atoms with van der Waals surface area (Å²) in [4.78, 5) is 31.1. The van der Waals surface area contributed by atoms with E-state index in [-0.39, 0.29) is 24.1 Å². The van der Waals surface area contributed by atoms with Gasteiger partial charge in [0, 0.05) is 36.8 Å². The second-order valence-electron chi connectivity index (χ2n) is 10.3. The van der Waals surface area contributed by atoms with Crippen molar-refractivity contribution in [2.24, 2.45) is 5.92 Å². The Bertz CT molecular complexity index is 1270. The zero-order valence-electron chi connectivity index (χ0n) is 21.5. The molecule has 1 aromatic heterocycles. The highest BCUT2D eigenvalue weighted by atomic mass is 32.2. The van der Waals surface area contributed by atoms with Gasteiger partial charge in [-0.2, -0.15) is 13.2 Å². The summed E-state index contributed by atoms with van der Waals surface area (Å²) in [6.45, 7) is 2.05. The number of halogens is 3. The molecule has 2 amide bonds. The zero-order chi connectivity index (χ0) is 28.2. The number of benzene rings is 1. The van der Waals surface area contributed by atoms with Crippen LogP contribution in [0, 0.1) is 5.92 Å². The minimum Gasteiger partial charge on any atom is -0.349 e. The third kappa shape index (κ3) is 8.40. The summed E-state index contributed by atoms with van der Waals surface area (Å²) in [5.41, 5.74) is 0.350. The molecule has 2 aliphatic rings. The summed E-state index contributed by atoms with van der Waals surface area (Å²) in [5, 5.41) is 5.22. The molecule has 1 saturated heterocycles. The van der Waals surface area contributed by atoms with Gasteiger partial charge < -0.3 is 10.6 Å². The Morgan fingerprint density at radius 1 is 1.08 bits per heavy atom. The monoisotopic (exact) mass is 567 g/mol. The molecule has 0 bridgehead atoms. The molecular formula is C26H32F3N5O4S. The lowest BCUT2D eigenvalue weighted by Gasteiger charge is -2.42. The van der Waals surface area contributed by atoms with Crippen LogP contribution < -0.4 is 15.4 Å². The Labute approximate surface area is 225 Å². The van der Waals surface area contributed by atoms with Crippen LogP contribution in [0.2, 0.25) is 0 Å². The Morgan fingerprint density at radius 3 is 2.41 bits per heavy atom. The molecule has 2 fully saturated rings. The molecule has 0 spiro atoms. The van der Waals surface area contributed by atoms with Crippen LogP contribution in [0.1, 0.15) is 53.2 Å². The van der Waals surface area contributed by atoms with E-state index < -0.39 is 27.7 Å². The molecule has 39 heavy (non-hydrogen) atoms. The highest BCUT2D eigenvalue weighted by Crippen LogP contribution is 2.36. The maximum Gasteiger partial charge on any atom is 0.416 e. The van der Waals surface area contributed by atoms with Crippen molar-refractivity contribution in [1.82, 2.24) is 20.5 Å². The highest BCUT2D eigenvalue weighted by Gasteiger charge is 2.32. The standard InChI is InChI=1S/C26H32F3N5O4S/c1-39(37,38)33-21-9-10-23(30-12-21)18-7-5-17(6-8-18)14-34-15-22(16-34)32-24(35)13-31-25(36)19-3-2-4-20(11-19)26(27,28)29/h2-4,9-12,17-18,22,33H,5-8,13-16H2,1H3,(H,31,36)(H,32,35). The molecule has 13 heteroatoms. The molecule has 2 heterocycles. The number of nitrogens with zero attached hydrogens (tertiary/aromatic N) is 2. The average Bonchev–Trinajstić information content (AvgIpc) is 2.85. The Kier molecular flexibility index (Phi) is 8.80. The second-order valence-corrected chi connectivity index (χ2v) is 12.1. The number of carbonyl (C=O) groups is 2. The van der Waals surface area contributed by atoms with Crippen LogP contribution >= 0.6 is 0 Å². The van der Waals surface area contributed by atoms with E-state index in [1.165, 1.54) is 6.07 Å². The van der Waals surface area contributed by atoms with Gasteiger partial charge in [-0.05, 0) is 61.9 Å². The molecule has 0 atom stereocenters. The van der Waals surface area contributed by atoms with E-state index in [1.54, 1.807) is 12.3 Å². The van der Waals surface area contributed by atoms with E-state index in [4.69, 9.17) is 0 Å². The number of carbonyl (C=O) groups excluding carboxylic acids is 2. The van der Waals surface area contributed by atoms with Crippen molar-refractivity contribution >= 4 is 27.5 Å². The van der Waals surface area contributed by atoms with Gasteiger partial charge in [0.05, 0.1) is 36.3 Å². The fraction of sp³-hybridized carbons (Fsp3) is 0.500. The predicted octanol–water partition coefficient (Wildman–Crippen LogP) is 2.98. The van der Waals surface area contributed by atoms with Gasteiger partial charge in [0.25, 0.3) is 5.91 Å². The highest BCUT2D eigenvalue weighted by molar-refractivity contribution is 7.92. The molecule has 0 radical (unpaired) electrons. The van der Waals surface area contributed by atoms with E-state index in [9.17, 15) is 31.2 Å². The van der Waals surface area contributed by atoms with Crippen LogP contribution in [0.3, 0.4) is 0 Å². The van der Waals surface area contributed by atoms with Crippen molar-refractivity contribution in [3.8, 4) is 0 Å². The lowest BCUT2D eigenvalue weighted by Crippen LogP contribution is -2.61. The lowest BCUT2D eigenvalue weighted by atomic mass is 9.79. The molecular weight excluding hydrogens is 535 g/mol. The van der Waals surface area contributed by atoms with Crippen LogP contribution in [0.4, 0.5) is 18.9 Å². The molecule has 1 aliphatic carbocycles. The maximum absolute atomic E-state index is 12.8.